The zero-order chi connectivity index (χ0) is 18.4. The van der Waals surface area contributed by atoms with Crippen molar-refractivity contribution >= 4 is 33.4 Å². The quantitative estimate of drug-likeness (QED) is 0.435. The maximum absolute atomic E-state index is 13.5. The summed E-state index contributed by atoms with van der Waals surface area (Å²) < 4.78 is 17.2. The van der Waals surface area contributed by atoms with Crippen molar-refractivity contribution in [3.05, 3.63) is 53.1 Å². The molecular formula is C18H19ClN4OS. The summed E-state index contributed by atoms with van der Waals surface area (Å²) in [6.45, 7) is 4.64. The summed E-state index contributed by atoms with van der Waals surface area (Å²) in [6, 6.07) is 12.1. The van der Waals surface area contributed by atoms with Crippen molar-refractivity contribution in [2.45, 2.75) is 23.6 Å². The fraction of sp³-hybridized carbons (Fsp3) is 0.222. The van der Waals surface area contributed by atoms with Crippen molar-refractivity contribution in [3.63, 3.8) is 0 Å². The average molecular weight is 375 g/mol. The van der Waals surface area contributed by atoms with Crippen LogP contribution in [0.2, 0.25) is 5.02 Å². The van der Waals surface area contributed by atoms with Crippen LogP contribution in [-0.4, -0.2) is 29.0 Å². The van der Waals surface area contributed by atoms with Crippen LogP contribution in [0.4, 0.5) is 5.69 Å². The fourth-order valence-corrected chi connectivity index (χ4v) is 4.33. The van der Waals surface area contributed by atoms with Crippen molar-refractivity contribution in [1.29, 1.82) is 5.26 Å². The molecule has 0 saturated heterocycles. The summed E-state index contributed by atoms with van der Waals surface area (Å²) in [5.74, 6) is 0. The number of hydrogen-bond donors (Lipinski definition) is 0. The van der Waals surface area contributed by atoms with E-state index in [-0.39, 0.29) is 0 Å². The number of aliphatic imine (C=N–C) groups is 1. The van der Waals surface area contributed by atoms with Gasteiger partial charge in [0, 0.05) is 13.6 Å². The lowest BCUT2D eigenvalue weighted by atomic mass is 10.2. The number of aryl methyl sites for hydroxylation is 1. The van der Waals surface area contributed by atoms with E-state index in [1.165, 1.54) is 0 Å². The first kappa shape index (κ1) is 19.0. The first-order valence-electron chi connectivity index (χ1n) is 7.67. The second kappa shape index (κ2) is 8.15. The number of halogens is 1. The van der Waals surface area contributed by atoms with E-state index in [0.29, 0.717) is 26.1 Å². The van der Waals surface area contributed by atoms with Gasteiger partial charge in [-0.05, 0) is 43.7 Å². The summed E-state index contributed by atoms with van der Waals surface area (Å²) in [5.41, 5.74) is 1.29. The van der Waals surface area contributed by atoms with Gasteiger partial charge in [-0.1, -0.05) is 29.8 Å². The zero-order valence-electron chi connectivity index (χ0n) is 14.3. The molecule has 0 N–H and O–H groups in total. The van der Waals surface area contributed by atoms with E-state index in [1.807, 2.05) is 31.9 Å². The van der Waals surface area contributed by atoms with Crippen LogP contribution in [0.3, 0.4) is 0 Å². The Bertz CT molecular complexity index is 942. The molecule has 0 aliphatic heterocycles. The van der Waals surface area contributed by atoms with Gasteiger partial charge in [-0.3, -0.25) is 0 Å². The summed E-state index contributed by atoms with van der Waals surface area (Å²) >= 11 is 6.34. The maximum Gasteiger partial charge on any atom is 0.215 e. The van der Waals surface area contributed by atoms with E-state index < -0.39 is 9.73 Å². The molecule has 7 heteroatoms. The van der Waals surface area contributed by atoms with Crippen molar-refractivity contribution in [2.24, 2.45) is 9.36 Å². The SMILES string of the molecule is CCN(C)/C=N\c1cc(C)c(S(=O)(=NC#N)c2ccccc2)cc1Cl. The van der Waals surface area contributed by atoms with Gasteiger partial charge in [-0.2, -0.15) is 5.26 Å². The highest BCUT2D eigenvalue weighted by Gasteiger charge is 2.20. The lowest BCUT2D eigenvalue weighted by molar-refractivity contribution is 0.552. The van der Waals surface area contributed by atoms with Crippen LogP contribution < -0.4 is 0 Å². The van der Waals surface area contributed by atoms with Crippen molar-refractivity contribution in [1.82, 2.24) is 4.90 Å². The van der Waals surface area contributed by atoms with E-state index in [1.54, 1.807) is 48.9 Å². The summed E-state index contributed by atoms with van der Waals surface area (Å²) in [6.07, 6.45) is 3.37. The van der Waals surface area contributed by atoms with Gasteiger partial charge in [-0.25, -0.2) is 9.20 Å². The van der Waals surface area contributed by atoms with Crippen LogP contribution in [0.1, 0.15) is 12.5 Å². The average Bonchev–Trinajstić information content (AvgIpc) is 2.62. The molecule has 2 rings (SSSR count). The normalized spacial score (nSPS) is 13.2. The molecule has 1 atom stereocenters. The molecule has 0 bridgehead atoms. The van der Waals surface area contributed by atoms with Crippen LogP contribution in [0.15, 0.2) is 61.6 Å². The van der Waals surface area contributed by atoms with Crippen molar-refractivity contribution in [3.8, 4) is 6.19 Å². The molecule has 1 unspecified atom stereocenters. The second-order valence-corrected chi connectivity index (χ2v) is 7.97. The highest BCUT2D eigenvalue weighted by molar-refractivity contribution is 7.93. The van der Waals surface area contributed by atoms with Gasteiger partial charge < -0.3 is 4.90 Å². The molecule has 0 fully saturated rings. The third-order valence-electron chi connectivity index (χ3n) is 3.67. The van der Waals surface area contributed by atoms with E-state index in [0.717, 1.165) is 6.54 Å². The van der Waals surface area contributed by atoms with Gasteiger partial charge >= 0.3 is 0 Å². The van der Waals surface area contributed by atoms with Gasteiger partial charge in [0.2, 0.25) is 6.19 Å². The van der Waals surface area contributed by atoms with Gasteiger partial charge in [0.15, 0.2) is 0 Å². The Morgan fingerprint density at radius 1 is 1.32 bits per heavy atom. The molecule has 0 aromatic heterocycles. The molecule has 0 aliphatic rings. The molecule has 0 saturated carbocycles. The van der Waals surface area contributed by atoms with E-state index >= 15 is 0 Å². The molecule has 130 valence electrons. The molecule has 0 amide bonds. The first-order valence-corrected chi connectivity index (χ1v) is 9.56. The maximum atomic E-state index is 13.5. The molecule has 0 aliphatic carbocycles. The Hall–Kier alpha value is -2.36. The molecular weight excluding hydrogens is 356 g/mol. The van der Waals surface area contributed by atoms with E-state index in [9.17, 15) is 4.21 Å². The standard InChI is InChI=1S/C18H19ClN4OS/c1-4-23(3)13-21-17-10-14(2)18(11-16(17)19)25(24,22-12-20)15-8-6-5-7-9-15/h5-11,13H,4H2,1-3H3/b21-13-. The second-order valence-electron chi connectivity index (χ2n) is 5.42. The third kappa shape index (κ3) is 4.19. The Kier molecular flexibility index (Phi) is 6.18. The van der Waals surface area contributed by atoms with Crippen molar-refractivity contribution < 1.29 is 4.21 Å². The molecule has 2 aromatic rings. The summed E-state index contributed by atoms with van der Waals surface area (Å²) in [4.78, 5) is 7.17. The largest absolute Gasteiger partial charge is 0.366 e. The number of rotatable bonds is 5. The number of nitrogens with zero attached hydrogens (tertiary/aromatic N) is 4. The topological polar surface area (TPSA) is 68.8 Å². The molecule has 5 nitrogen and oxygen atoms in total. The van der Waals surface area contributed by atoms with Gasteiger partial charge in [0.05, 0.1) is 26.8 Å². The molecule has 0 spiro atoms. The minimum absolute atomic E-state index is 0.359. The summed E-state index contributed by atoms with van der Waals surface area (Å²) in [5, 5.41) is 9.41. The Morgan fingerprint density at radius 2 is 2.00 bits per heavy atom. The summed E-state index contributed by atoms with van der Waals surface area (Å²) in [7, 11) is -1.18. The van der Waals surface area contributed by atoms with Crippen molar-refractivity contribution in [2.75, 3.05) is 13.6 Å². The van der Waals surface area contributed by atoms with E-state index in [2.05, 4.69) is 9.36 Å². The predicted molar refractivity (Wildman–Crippen MR) is 102 cm³/mol. The molecule has 2 aromatic carbocycles. The lowest BCUT2D eigenvalue weighted by Crippen LogP contribution is -2.14. The van der Waals surface area contributed by atoms with Crippen LogP contribution in [-0.2, 0) is 9.73 Å². The number of hydrogen-bond acceptors (Lipinski definition) is 4. The fourth-order valence-electron chi connectivity index (χ4n) is 2.18. The number of benzene rings is 2. The van der Waals surface area contributed by atoms with Gasteiger partial charge in [-0.15, -0.1) is 4.36 Å². The molecule has 25 heavy (non-hydrogen) atoms. The predicted octanol–water partition coefficient (Wildman–Crippen LogP) is 4.63. The number of nitriles is 1. The van der Waals surface area contributed by atoms with Crippen LogP contribution in [0.5, 0.6) is 0 Å². The smallest absolute Gasteiger partial charge is 0.215 e. The third-order valence-corrected chi connectivity index (χ3v) is 6.26. The highest BCUT2D eigenvalue weighted by Crippen LogP contribution is 2.34. The van der Waals surface area contributed by atoms with Gasteiger partial charge in [0.25, 0.3) is 0 Å². The van der Waals surface area contributed by atoms with Crippen LogP contribution in [0.25, 0.3) is 0 Å². The lowest BCUT2D eigenvalue weighted by Gasteiger charge is -2.14. The minimum atomic E-state index is -3.09. The zero-order valence-corrected chi connectivity index (χ0v) is 15.9. The van der Waals surface area contributed by atoms with Crippen LogP contribution >= 0.6 is 11.6 Å². The highest BCUT2D eigenvalue weighted by atomic mass is 35.5. The first-order chi connectivity index (χ1) is 11.9. The Balaban J connectivity index is 2.61. The Morgan fingerprint density at radius 3 is 2.60 bits per heavy atom. The Labute approximate surface area is 153 Å². The monoisotopic (exact) mass is 374 g/mol. The van der Waals surface area contributed by atoms with Crippen LogP contribution in [0, 0.1) is 18.4 Å². The minimum Gasteiger partial charge on any atom is -0.366 e. The van der Waals surface area contributed by atoms with E-state index in [4.69, 9.17) is 16.9 Å². The molecule has 0 radical (unpaired) electrons. The van der Waals surface area contributed by atoms with Gasteiger partial charge in [0.1, 0.15) is 9.73 Å². The molecule has 0 heterocycles.